The molecule has 1 rings (SSSR count). The Hall–Kier alpha value is -1.11. The van der Waals surface area contributed by atoms with Gasteiger partial charge in [0.15, 0.2) is 0 Å². The van der Waals surface area contributed by atoms with Crippen molar-refractivity contribution in [1.82, 2.24) is 4.31 Å². The standard InChI is InChI=1S/C11H15ClN2O3S/c1-14(2)18(16,17)8-7-11(15)13-10-6-4-3-5-9(10)12/h3-6H,7-8H2,1-2H3,(H,13,15). The van der Waals surface area contributed by atoms with Gasteiger partial charge in [0, 0.05) is 20.5 Å². The van der Waals surface area contributed by atoms with E-state index >= 15 is 0 Å². The minimum Gasteiger partial charge on any atom is -0.325 e. The zero-order valence-electron chi connectivity index (χ0n) is 10.2. The number of halogens is 1. The van der Waals surface area contributed by atoms with Crippen LogP contribution in [-0.2, 0) is 14.8 Å². The van der Waals surface area contributed by atoms with Gasteiger partial charge in [-0.2, -0.15) is 0 Å². The number of benzene rings is 1. The second kappa shape index (κ2) is 6.17. The summed E-state index contributed by atoms with van der Waals surface area (Å²) in [6, 6.07) is 6.78. The maximum absolute atomic E-state index is 11.6. The number of nitrogens with zero attached hydrogens (tertiary/aromatic N) is 1. The van der Waals surface area contributed by atoms with Gasteiger partial charge in [-0.25, -0.2) is 12.7 Å². The van der Waals surface area contributed by atoms with Gasteiger partial charge >= 0.3 is 0 Å². The second-order valence-electron chi connectivity index (χ2n) is 3.88. The van der Waals surface area contributed by atoms with E-state index in [2.05, 4.69) is 5.32 Å². The average molecular weight is 291 g/mol. The molecular formula is C11H15ClN2O3S. The quantitative estimate of drug-likeness (QED) is 0.895. The highest BCUT2D eigenvalue weighted by Gasteiger charge is 2.16. The molecule has 0 aliphatic heterocycles. The van der Waals surface area contributed by atoms with Crippen LogP contribution in [0.5, 0.6) is 0 Å². The first-order valence-electron chi connectivity index (χ1n) is 5.27. The molecule has 18 heavy (non-hydrogen) atoms. The first-order valence-corrected chi connectivity index (χ1v) is 7.26. The number of carbonyl (C=O) groups is 1. The molecule has 0 heterocycles. The highest BCUT2D eigenvalue weighted by atomic mass is 35.5. The van der Waals surface area contributed by atoms with Gasteiger partial charge < -0.3 is 5.32 Å². The molecule has 0 aliphatic carbocycles. The number of hydrogen-bond donors (Lipinski definition) is 1. The number of anilines is 1. The SMILES string of the molecule is CN(C)S(=O)(=O)CCC(=O)Nc1ccccc1Cl. The Morgan fingerprint density at radius 2 is 1.94 bits per heavy atom. The molecule has 0 atom stereocenters. The maximum Gasteiger partial charge on any atom is 0.225 e. The van der Waals surface area contributed by atoms with E-state index in [1.807, 2.05) is 0 Å². The van der Waals surface area contributed by atoms with Gasteiger partial charge in [0.05, 0.1) is 16.5 Å². The summed E-state index contributed by atoms with van der Waals surface area (Å²) in [6.07, 6.45) is -0.105. The highest BCUT2D eigenvalue weighted by Crippen LogP contribution is 2.20. The molecule has 5 nitrogen and oxygen atoms in total. The minimum atomic E-state index is -3.36. The molecule has 0 spiro atoms. The molecule has 100 valence electrons. The molecule has 1 aromatic rings. The van der Waals surface area contributed by atoms with Gasteiger partial charge in [0.1, 0.15) is 0 Å². The largest absolute Gasteiger partial charge is 0.325 e. The number of hydrogen-bond acceptors (Lipinski definition) is 3. The zero-order valence-corrected chi connectivity index (χ0v) is 11.8. The average Bonchev–Trinajstić information content (AvgIpc) is 2.29. The van der Waals surface area contributed by atoms with Crippen molar-refractivity contribution < 1.29 is 13.2 Å². The van der Waals surface area contributed by atoms with E-state index in [-0.39, 0.29) is 18.1 Å². The topological polar surface area (TPSA) is 66.5 Å². The van der Waals surface area contributed by atoms with Crippen molar-refractivity contribution in [1.29, 1.82) is 0 Å². The van der Waals surface area contributed by atoms with Crippen molar-refractivity contribution in [3.63, 3.8) is 0 Å². The number of amides is 1. The lowest BCUT2D eigenvalue weighted by Crippen LogP contribution is -2.27. The summed E-state index contributed by atoms with van der Waals surface area (Å²) in [5, 5.41) is 2.99. The lowest BCUT2D eigenvalue weighted by atomic mass is 10.3. The molecular weight excluding hydrogens is 276 g/mol. The van der Waals surface area contributed by atoms with E-state index < -0.39 is 10.0 Å². The third-order valence-electron chi connectivity index (χ3n) is 2.29. The van der Waals surface area contributed by atoms with Crippen LogP contribution in [0.15, 0.2) is 24.3 Å². The Morgan fingerprint density at radius 1 is 1.33 bits per heavy atom. The summed E-state index contributed by atoms with van der Waals surface area (Å²) in [5.41, 5.74) is 0.478. The third-order valence-corrected chi connectivity index (χ3v) is 4.45. The lowest BCUT2D eigenvalue weighted by molar-refractivity contribution is -0.115. The van der Waals surface area contributed by atoms with Crippen LogP contribution in [-0.4, -0.2) is 38.5 Å². The fourth-order valence-electron chi connectivity index (χ4n) is 1.18. The van der Waals surface area contributed by atoms with E-state index in [1.165, 1.54) is 14.1 Å². The molecule has 0 bridgehead atoms. The summed E-state index contributed by atoms with van der Waals surface area (Å²) in [5.74, 6) is -0.607. The zero-order chi connectivity index (χ0) is 13.8. The normalized spacial score (nSPS) is 11.6. The summed E-state index contributed by atoms with van der Waals surface area (Å²) < 4.78 is 24.0. The van der Waals surface area contributed by atoms with Crippen molar-refractivity contribution in [2.45, 2.75) is 6.42 Å². The maximum atomic E-state index is 11.6. The molecule has 0 aliphatic rings. The Balaban J connectivity index is 2.56. The highest BCUT2D eigenvalue weighted by molar-refractivity contribution is 7.89. The van der Waals surface area contributed by atoms with E-state index in [9.17, 15) is 13.2 Å². The van der Waals surface area contributed by atoms with Gasteiger partial charge in [-0.05, 0) is 12.1 Å². The molecule has 0 unspecified atom stereocenters. The number of nitrogens with one attached hydrogen (secondary N) is 1. The number of sulfonamides is 1. The van der Waals surface area contributed by atoms with Crippen molar-refractivity contribution in [2.75, 3.05) is 25.2 Å². The van der Waals surface area contributed by atoms with E-state index in [0.29, 0.717) is 10.7 Å². The monoisotopic (exact) mass is 290 g/mol. The molecule has 7 heteroatoms. The summed E-state index contributed by atoms with van der Waals surface area (Å²) in [7, 11) is -0.492. The molecule has 0 saturated heterocycles. The first kappa shape index (κ1) is 14.9. The summed E-state index contributed by atoms with van der Waals surface area (Å²) in [6.45, 7) is 0. The predicted octanol–water partition coefficient (Wildman–Crippen LogP) is 1.56. The molecule has 0 saturated carbocycles. The van der Waals surface area contributed by atoms with Gasteiger partial charge in [0.25, 0.3) is 0 Å². The van der Waals surface area contributed by atoms with Crippen LogP contribution < -0.4 is 5.32 Å². The van der Waals surface area contributed by atoms with Crippen molar-refractivity contribution in [3.05, 3.63) is 29.3 Å². The smallest absolute Gasteiger partial charge is 0.225 e. The molecule has 0 fully saturated rings. The Bertz CT molecular complexity index is 529. The van der Waals surface area contributed by atoms with Crippen molar-refractivity contribution >= 4 is 33.2 Å². The Labute approximate surface area is 112 Å². The van der Waals surface area contributed by atoms with Crippen LogP contribution in [0.1, 0.15) is 6.42 Å². The molecule has 0 radical (unpaired) electrons. The molecule has 1 N–H and O–H groups in total. The van der Waals surface area contributed by atoms with Gasteiger partial charge in [-0.3, -0.25) is 4.79 Å². The second-order valence-corrected chi connectivity index (χ2v) is 6.59. The van der Waals surface area contributed by atoms with Gasteiger partial charge in [0.2, 0.25) is 15.9 Å². The summed E-state index contributed by atoms with van der Waals surface area (Å²) in [4.78, 5) is 11.6. The van der Waals surface area contributed by atoms with E-state index in [4.69, 9.17) is 11.6 Å². The van der Waals surface area contributed by atoms with Crippen LogP contribution >= 0.6 is 11.6 Å². The number of rotatable bonds is 5. The predicted molar refractivity (Wildman–Crippen MR) is 72.2 cm³/mol. The van der Waals surface area contributed by atoms with Gasteiger partial charge in [-0.15, -0.1) is 0 Å². The molecule has 0 aromatic heterocycles. The van der Waals surface area contributed by atoms with Crippen LogP contribution in [0.3, 0.4) is 0 Å². The molecule has 1 amide bonds. The van der Waals surface area contributed by atoms with Gasteiger partial charge in [-0.1, -0.05) is 23.7 Å². The van der Waals surface area contributed by atoms with E-state index in [0.717, 1.165) is 4.31 Å². The first-order chi connectivity index (χ1) is 8.33. The lowest BCUT2D eigenvalue weighted by Gasteiger charge is -2.11. The number of para-hydroxylation sites is 1. The van der Waals surface area contributed by atoms with Crippen LogP contribution in [0.25, 0.3) is 0 Å². The van der Waals surface area contributed by atoms with Crippen LogP contribution in [0.4, 0.5) is 5.69 Å². The van der Waals surface area contributed by atoms with E-state index in [1.54, 1.807) is 24.3 Å². The summed E-state index contributed by atoms with van der Waals surface area (Å²) >= 11 is 5.87. The van der Waals surface area contributed by atoms with Crippen molar-refractivity contribution in [2.24, 2.45) is 0 Å². The Morgan fingerprint density at radius 3 is 2.50 bits per heavy atom. The van der Waals surface area contributed by atoms with Crippen LogP contribution in [0.2, 0.25) is 5.02 Å². The van der Waals surface area contributed by atoms with Crippen LogP contribution in [0, 0.1) is 0 Å². The Kier molecular flexibility index (Phi) is 5.13. The molecule has 1 aromatic carbocycles. The minimum absolute atomic E-state index is 0.105. The fourth-order valence-corrected chi connectivity index (χ4v) is 2.17. The fraction of sp³-hybridized carbons (Fsp3) is 0.364. The number of carbonyl (C=O) groups excluding carboxylic acids is 1. The van der Waals surface area contributed by atoms with Crippen molar-refractivity contribution in [3.8, 4) is 0 Å². The third kappa shape index (κ3) is 4.29.